The third kappa shape index (κ3) is 3.26. The average Bonchev–Trinajstić information content (AvgIpc) is 3.07. The van der Waals surface area contributed by atoms with Crippen LogP contribution in [0.3, 0.4) is 0 Å². The summed E-state index contributed by atoms with van der Waals surface area (Å²) >= 11 is 0. The van der Waals surface area contributed by atoms with Gasteiger partial charge in [0.15, 0.2) is 0 Å². The maximum atomic E-state index is 6.49. The first-order chi connectivity index (χ1) is 17.8. The lowest BCUT2D eigenvalue weighted by Crippen LogP contribution is -2.22. The second-order valence-corrected chi connectivity index (χ2v) is 9.46. The van der Waals surface area contributed by atoms with Gasteiger partial charge in [-0.05, 0) is 83.6 Å². The molecule has 0 amide bonds. The molecule has 5 aromatic rings. The molecule has 0 spiro atoms. The van der Waals surface area contributed by atoms with Crippen molar-refractivity contribution in [3.63, 3.8) is 0 Å². The molecular formula is C34H25NO. The molecular weight excluding hydrogens is 438 g/mol. The summed E-state index contributed by atoms with van der Waals surface area (Å²) in [6, 6.07) is 43.0. The number of anilines is 2. The highest BCUT2D eigenvalue weighted by Crippen LogP contribution is 2.49. The quantitative estimate of drug-likeness (QED) is 0.254. The fourth-order valence-electron chi connectivity index (χ4n) is 5.61. The zero-order valence-electron chi connectivity index (χ0n) is 20.1. The highest BCUT2D eigenvalue weighted by molar-refractivity contribution is 5.96. The number of para-hydroxylation sites is 3. The largest absolute Gasteiger partial charge is 0.456 e. The second-order valence-electron chi connectivity index (χ2n) is 9.46. The Balaban J connectivity index is 1.45. The number of fused-ring (bicyclic) bond motifs is 6. The molecule has 2 aliphatic heterocycles. The number of hydrogen-bond acceptors (Lipinski definition) is 2. The van der Waals surface area contributed by atoms with Gasteiger partial charge in [-0.15, -0.1) is 0 Å². The molecule has 0 saturated heterocycles. The molecule has 0 atom stereocenters. The lowest BCUT2D eigenvalue weighted by molar-refractivity contribution is 0.487. The van der Waals surface area contributed by atoms with Gasteiger partial charge >= 0.3 is 0 Å². The van der Waals surface area contributed by atoms with Crippen LogP contribution in [0.2, 0.25) is 0 Å². The molecule has 2 aliphatic rings. The lowest BCUT2D eigenvalue weighted by atomic mass is 9.90. The van der Waals surface area contributed by atoms with Gasteiger partial charge in [-0.25, -0.2) is 0 Å². The van der Waals surface area contributed by atoms with Crippen LogP contribution in [0.1, 0.15) is 18.1 Å². The van der Waals surface area contributed by atoms with E-state index in [0.29, 0.717) is 0 Å². The summed E-state index contributed by atoms with van der Waals surface area (Å²) < 4.78 is 6.49. The smallest absolute Gasteiger partial charge is 0.135 e. The zero-order chi connectivity index (χ0) is 24.1. The summed E-state index contributed by atoms with van der Waals surface area (Å²) in [5, 5.41) is 0. The highest BCUT2D eigenvalue weighted by atomic mass is 16.5. The van der Waals surface area contributed by atoms with Crippen LogP contribution in [0, 0.1) is 0 Å². The molecule has 5 aromatic carbocycles. The second kappa shape index (κ2) is 8.28. The van der Waals surface area contributed by atoms with Crippen LogP contribution in [0.4, 0.5) is 11.4 Å². The molecule has 0 fully saturated rings. The van der Waals surface area contributed by atoms with Crippen molar-refractivity contribution in [2.75, 3.05) is 4.90 Å². The number of allylic oxidation sites excluding steroid dienone is 1. The third-order valence-corrected chi connectivity index (χ3v) is 7.20. The Morgan fingerprint density at radius 2 is 1.22 bits per heavy atom. The first kappa shape index (κ1) is 20.8. The molecule has 2 nitrogen and oxygen atoms in total. The maximum Gasteiger partial charge on any atom is 0.135 e. The molecule has 0 saturated carbocycles. The zero-order valence-corrected chi connectivity index (χ0v) is 20.1. The van der Waals surface area contributed by atoms with E-state index >= 15 is 0 Å². The SMILES string of the molecule is CC1=C(c2ccc3c(c2)-c2ccccc2-c2ccccc2O3)N(c2ccccc2)c2ccccc2C1. The van der Waals surface area contributed by atoms with Gasteiger partial charge in [0.05, 0.1) is 5.70 Å². The van der Waals surface area contributed by atoms with E-state index in [0.717, 1.165) is 34.7 Å². The molecule has 7 rings (SSSR count). The van der Waals surface area contributed by atoms with Gasteiger partial charge in [0, 0.05) is 22.5 Å². The molecule has 36 heavy (non-hydrogen) atoms. The number of hydrogen-bond donors (Lipinski definition) is 0. The van der Waals surface area contributed by atoms with E-state index in [4.69, 9.17) is 4.74 Å². The van der Waals surface area contributed by atoms with Crippen LogP contribution in [0.5, 0.6) is 11.5 Å². The van der Waals surface area contributed by atoms with Gasteiger partial charge in [0.2, 0.25) is 0 Å². The predicted octanol–water partition coefficient (Wildman–Crippen LogP) is 9.25. The van der Waals surface area contributed by atoms with Gasteiger partial charge in [0.1, 0.15) is 11.5 Å². The van der Waals surface area contributed by atoms with E-state index in [9.17, 15) is 0 Å². The van der Waals surface area contributed by atoms with Crippen LogP contribution in [-0.2, 0) is 6.42 Å². The van der Waals surface area contributed by atoms with Crippen LogP contribution >= 0.6 is 0 Å². The number of ether oxygens (including phenoxy) is 1. The lowest BCUT2D eigenvalue weighted by Gasteiger charge is -2.35. The Kier molecular flexibility index (Phi) is 4.78. The van der Waals surface area contributed by atoms with E-state index < -0.39 is 0 Å². The summed E-state index contributed by atoms with van der Waals surface area (Å²) in [4.78, 5) is 2.41. The maximum absolute atomic E-state index is 6.49. The van der Waals surface area contributed by atoms with Gasteiger partial charge in [-0.3, -0.25) is 0 Å². The van der Waals surface area contributed by atoms with Crippen LogP contribution in [0.25, 0.3) is 28.0 Å². The van der Waals surface area contributed by atoms with Crippen molar-refractivity contribution in [2.24, 2.45) is 0 Å². The number of nitrogens with zero attached hydrogens (tertiary/aromatic N) is 1. The van der Waals surface area contributed by atoms with E-state index in [1.165, 1.54) is 39.2 Å². The van der Waals surface area contributed by atoms with Crippen molar-refractivity contribution in [1.29, 1.82) is 0 Å². The summed E-state index contributed by atoms with van der Waals surface area (Å²) in [5.41, 5.74) is 12.2. The minimum atomic E-state index is 0.886. The topological polar surface area (TPSA) is 12.5 Å². The van der Waals surface area contributed by atoms with E-state index in [-0.39, 0.29) is 0 Å². The molecule has 0 aromatic heterocycles. The molecule has 0 unspecified atom stereocenters. The summed E-state index contributed by atoms with van der Waals surface area (Å²) in [7, 11) is 0. The van der Waals surface area contributed by atoms with Crippen molar-refractivity contribution < 1.29 is 4.74 Å². The number of benzene rings is 5. The molecule has 172 valence electrons. The summed E-state index contributed by atoms with van der Waals surface area (Å²) in [6.45, 7) is 2.26. The molecule has 0 radical (unpaired) electrons. The third-order valence-electron chi connectivity index (χ3n) is 7.20. The molecule has 0 bridgehead atoms. The first-order valence-corrected chi connectivity index (χ1v) is 12.4. The molecule has 0 aliphatic carbocycles. The minimum Gasteiger partial charge on any atom is -0.456 e. The molecule has 2 heterocycles. The Hall–Kier alpha value is -4.56. The van der Waals surface area contributed by atoms with Crippen LogP contribution in [-0.4, -0.2) is 0 Å². The van der Waals surface area contributed by atoms with E-state index in [1.807, 2.05) is 6.07 Å². The van der Waals surface area contributed by atoms with Crippen LogP contribution < -0.4 is 9.64 Å². The normalized spacial score (nSPS) is 13.6. The van der Waals surface area contributed by atoms with Crippen LogP contribution in [0.15, 0.2) is 127 Å². The fourth-order valence-corrected chi connectivity index (χ4v) is 5.61. The predicted molar refractivity (Wildman–Crippen MR) is 149 cm³/mol. The Bertz CT molecular complexity index is 1650. The van der Waals surface area contributed by atoms with Gasteiger partial charge in [-0.2, -0.15) is 0 Å². The summed E-state index contributed by atoms with van der Waals surface area (Å²) in [5.74, 6) is 1.78. The highest BCUT2D eigenvalue weighted by Gasteiger charge is 2.27. The first-order valence-electron chi connectivity index (χ1n) is 12.4. The fraction of sp³-hybridized carbons (Fsp3) is 0.0588. The van der Waals surface area contributed by atoms with Crippen molar-refractivity contribution in [3.8, 4) is 33.8 Å². The molecule has 2 heteroatoms. The number of rotatable bonds is 2. The van der Waals surface area contributed by atoms with Gasteiger partial charge < -0.3 is 9.64 Å². The van der Waals surface area contributed by atoms with E-state index in [2.05, 4.69) is 127 Å². The molecule has 0 N–H and O–H groups in total. The van der Waals surface area contributed by atoms with Crippen molar-refractivity contribution in [3.05, 3.63) is 138 Å². The summed E-state index contributed by atoms with van der Waals surface area (Å²) in [6.07, 6.45) is 0.935. The van der Waals surface area contributed by atoms with Crippen molar-refractivity contribution in [1.82, 2.24) is 0 Å². The Morgan fingerprint density at radius 1 is 0.583 bits per heavy atom. The Morgan fingerprint density at radius 3 is 2.06 bits per heavy atom. The standard InChI is InChI=1S/C34H25NO/c1-23-21-24-11-5-9-17-31(24)35(26-12-3-2-4-13-26)34(23)25-19-20-33-30(22-25)28-15-7-6-14-27(28)29-16-8-10-18-32(29)36-33/h2-20,22H,21H2,1H3. The van der Waals surface area contributed by atoms with Gasteiger partial charge in [-0.1, -0.05) is 78.9 Å². The minimum absolute atomic E-state index is 0.886. The van der Waals surface area contributed by atoms with Crippen molar-refractivity contribution in [2.45, 2.75) is 13.3 Å². The van der Waals surface area contributed by atoms with E-state index in [1.54, 1.807) is 0 Å². The monoisotopic (exact) mass is 463 g/mol. The average molecular weight is 464 g/mol. The van der Waals surface area contributed by atoms with Crippen molar-refractivity contribution >= 4 is 17.1 Å². The van der Waals surface area contributed by atoms with Gasteiger partial charge in [0.25, 0.3) is 0 Å². The Labute approximate surface area is 211 Å².